The smallest absolute Gasteiger partial charge is 0.261 e. The number of methoxy groups -OCH3 is 1. The predicted molar refractivity (Wildman–Crippen MR) is 158 cm³/mol. The molecule has 0 atom stereocenters. The average Bonchev–Trinajstić information content (AvgIpc) is 2.97. The molecule has 3 aromatic heterocycles. The van der Waals surface area contributed by atoms with E-state index >= 15 is 0 Å². The average molecular weight is 569 g/mol. The van der Waals surface area contributed by atoms with Gasteiger partial charge in [0, 0.05) is 41.9 Å². The van der Waals surface area contributed by atoms with E-state index in [1.54, 1.807) is 75.8 Å². The van der Waals surface area contributed by atoms with Gasteiger partial charge in [-0.15, -0.1) is 0 Å². The van der Waals surface area contributed by atoms with Crippen molar-refractivity contribution in [3.8, 4) is 28.4 Å². The first-order valence-corrected chi connectivity index (χ1v) is 13.3. The molecule has 0 aliphatic carbocycles. The van der Waals surface area contributed by atoms with Gasteiger partial charge in [0.1, 0.15) is 28.4 Å². The van der Waals surface area contributed by atoms with E-state index in [1.807, 2.05) is 6.92 Å². The van der Waals surface area contributed by atoms with Crippen molar-refractivity contribution >= 4 is 22.6 Å². The van der Waals surface area contributed by atoms with E-state index in [0.717, 1.165) is 0 Å². The Bertz CT molecular complexity index is 1840. The molecule has 0 bridgehead atoms. The minimum Gasteiger partial charge on any atom is -0.495 e. The Morgan fingerprint density at radius 1 is 1.02 bits per heavy atom. The third-order valence-corrected chi connectivity index (χ3v) is 6.70. The van der Waals surface area contributed by atoms with Crippen LogP contribution in [0.3, 0.4) is 0 Å². The number of H-pyrrole nitrogens is 1. The van der Waals surface area contributed by atoms with E-state index in [-0.39, 0.29) is 12.2 Å². The van der Waals surface area contributed by atoms with Crippen molar-refractivity contribution in [2.24, 2.45) is 0 Å². The summed E-state index contributed by atoms with van der Waals surface area (Å²) < 4.78 is 30.6. The van der Waals surface area contributed by atoms with Crippen molar-refractivity contribution < 1.29 is 23.4 Å². The highest BCUT2D eigenvalue weighted by molar-refractivity contribution is 6.05. The van der Waals surface area contributed by atoms with Gasteiger partial charge >= 0.3 is 0 Å². The van der Waals surface area contributed by atoms with Gasteiger partial charge in [-0.1, -0.05) is 6.07 Å². The van der Waals surface area contributed by atoms with E-state index in [1.165, 1.54) is 12.1 Å². The van der Waals surface area contributed by atoms with Gasteiger partial charge in [0.2, 0.25) is 5.43 Å². The molecule has 3 heterocycles. The van der Waals surface area contributed by atoms with Gasteiger partial charge < -0.3 is 24.5 Å². The molecule has 2 aromatic carbocycles. The molecule has 42 heavy (non-hydrogen) atoms. The van der Waals surface area contributed by atoms with E-state index in [4.69, 9.17) is 14.2 Å². The molecule has 0 aliphatic rings. The number of carbonyl (C=O) groups is 1. The standard InChI is InChI=1S/C32H29FN4O5/c1-5-41-17-26-29(31(38)28(19(3)36-26)24-11-6-20(33)14-18(24)2)32(39)37-21-7-9-22(10-8-21)42-27-12-13-34-25-15-23(40-4)16-35-30(25)27/h6-16H,5,17H2,1-4H3,(H,36,38)(H,37,39). The highest BCUT2D eigenvalue weighted by atomic mass is 19.1. The van der Waals surface area contributed by atoms with Gasteiger partial charge in [-0.2, -0.15) is 0 Å². The molecule has 0 saturated carbocycles. The second-order valence-corrected chi connectivity index (χ2v) is 9.54. The Hall–Kier alpha value is -5.09. The number of rotatable bonds is 9. The Morgan fingerprint density at radius 2 is 1.81 bits per heavy atom. The van der Waals surface area contributed by atoms with E-state index in [0.29, 0.717) is 68.7 Å². The summed E-state index contributed by atoms with van der Waals surface area (Å²) in [4.78, 5) is 39.2. The molecule has 10 heteroatoms. The molecule has 0 unspecified atom stereocenters. The van der Waals surface area contributed by atoms with Gasteiger partial charge in [0.05, 0.1) is 31.1 Å². The number of benzene rings is 2. The Kier molecular flexibility index (Phi) is 8.26. The first-order valence-electron chi connectivity index (χ1n) is 13.3. The van der Waals surface area contributed by atoms with Crippen LogP contribution >= 0.6 is 0 Å². The normalized spacial score (nSPS) is 11.0. The largest absolute Gasteiger partial charge is 0.495 e. The fourth-order valence-corrected chi connectivity index (χ4v) is 4.68. The van der Waals surface area contributed by atoms with Crippen molar-refractivity contribution in [3.05, 3.63) is 106 Å². The van der Waals surface area contributed by atoms with Crippen molar-refractivity contribution in [2.45, 2.75) is 27.4 Å². The first-order chi connectivity index (χ1) is 20.3. The Morgan fingerprint density at radius 3 is 2.52 bits per heavy atom. The lowest BCUT2D eigenvalue weighted by Crippen LogP contribution is -2.27. The molecule has 5 rings (SSSR count). The molecule has 0 spiro atoms. The number of ether oxygens (including phenoxy) is 3. The van der Waals surface area contributed by atoms with Gasteiger partial charge in [-0.25, -0.2) is 9.37 Å². The molecule has 9 nitrogen and oxygen atoms in total. The molecule has 0 saturated heterocycles. The molecule has 214 valence electrons. The number of anilines is 1. The van der Waals surface area contributed by atoms with Crippen molar-refractivity contribution in [3.63, 3.8) is 0 Å². The lowest BCUT2D eigenvalue weighted by atomic mass is 9.96. The number of aromatic amines is 1. The molecular weight excluding hydrogens is 539 g/mol. The highest BCUT2D eigenvalue weighted by Gasteiger charge is 2.23. The molecule has 0 aliphatic heterocycles. The van der Waals surface area contributed by atoms with Gasteiger partial charge in [0.15, 0.2) is 5.75 Å². The third kappa shape index (κ3) is 5.84. The summed E-state index contributed by atoms with van der Waals surface area (Å²) in [7, 11) is 1.56. The molecule has 0 radical (unpaired) electrons. The van der Waals surface area contributed by atoms with Crippen LogP contribution in [0.5, 0.6) is 17.2 Å². The van der Waals surface area contributed by atoms with E-state index in [9.17, 15) is 14.0 Å². The fourth-order valence-electron chi connectivity index (χ4n) is 4.68. The van der Waals surface area contributed by atoms with Crippen LogP contribution in [0.15, 0.2) is 71.8 Å². The predicted octanol–water partition coefficient (Wildman–Crippen LogP) is 6.33. The van der Waals surface area contributed by atoms with Gasteiger partial charge in [-0.3, -0.25) is 14.6 Å². The summed E-state index contributed by atoms with van der Waals surface area (Å²) in [5, 5.41) is 2.80. The number of halogens is 1. The third-order valence-electron chi connectivity index (χ3n) is 6.70. The minimum absolute atomic E-state index is 0.0462. The topological polar surface area (TPSA) is 115 Å². The van der Waals surface area contributed by atoms with Crippen LogP contribution in [0.4, 0.5) is 10.1 Å². The number of carbonyl (C=O) groups excluding carboxylic acids is 1. The lowest BCUT2D eigenvalue weighted by Gasteiger charge is -2.16. The summed E-state index contributed by atoms with van der Waals surface area (Å²) in [6.07, 6.45) is 3.21. The fraction of sp³-hybridized carbons (Fsp3) is 0.188. The number of nitrogens with zero attached hydrogens (tertiary/aromatic N) is 2. The van der Waals surface area contributed by atoms with Crippen LogP contribution < -0.4 is 20.2 Å². The zero-order valence-corrected chi connectivity index (χ0v) is 23.6. The maximum absolute atomic E-state index is 13.8. The number of aryl methyl sites for hydroxylation is 2. The van der Waals surface area contributed by atoms with Crippen LogP contribution in [0.2, 0.25) is 0 Å². The van der Waals surface area contributed by atoms with E-state index < -0.39 is 17.2 Å². The monoisotopic (exact) mass is 568 g/mol. The Balaban J connectivity index is 1.43. The van der Waals surface area contributed by atoms with Crippen LogP contribution in [-0.4, -0.2) is 34.6 Å². The number of nitrogens with one attached hydrogen (secondary N) is 2. The second kappa shape index (κ2) is 12.2. The summed E-state index contributed by atoms with van der Waals surface area (Å²) >= 11 is 0. The highest BCUT2D eigenvalue weighted by Crippen LogP contribution is 2.30. The van der Waals surface area contributed by atoms with Crippen LogP contribution in [0.1, 0.15) is 34.2 Å². The molecule has 0 fully saturated rings. The summed E-state index contributed by atoms with van der Waals surface area (Å²) in [6.45, 7) is 5.74. The number of aromatic nitrogens is 3. The van der Waals surface area contributed by atoms with Gasteiger partial charge in [-0.05, 0) is 68.3 Å². The van der Waals surface area contributed by atoms with Crippen molar-refractivity contribution in [2.75, 3.05) is 19.0 Å². The molecule has 2 N–H and O–H groups in total. The summed E-state index contributed by atoms with van der Waals surface area (Å²) in [6, 6.07) is 14.4. The number of amides is 1. The number of hydrogen-bond acceptors (Lipinski definition) is 7. The quantitative estimate of drug-likeness (QED) is 0.213. The van der Waals surface area contributed by atoms with Crippen molar-refractivity contribution in [1.29, 1.82) is 0 Å². The number of pyridine rings is 3. The first kappa shape index (κ1) is 28.4. The molecule has 5 aromatic rings. The molecular formula is C32H29FN4O5. The second-order valence-electron chi connectivity index (χ2n) is 9.54. The minimum atomic E-state index is -0.598. The van der Waals surface area contributed by atoms with Crippen LogP contribution in [0.25, 0.3) is 22.2 Å². The SMILES string of the molecule is CCOCc1[nH]c(C)c(-c2ccc(F)cc2C)c(=O)c1C(=O)Nc1ccc(Oc2ccnc3cc(OC)cnc23)cc1. The zero-order chi connectivity index (χ0) is 29.8. The van der Waals surface area contributed by atoms with Crippen LogP contribution in [-0.2, 0) is 11.3 Å². The lowest BCUT2D eigenvalue weighted by molar-refractivity contribution is 0.101. The Labute approximate surface area is 241 Å². The number of fused-ring (bicyclic) bond motifs is 1. The summed E-state index contributed by atoms with van der Waals surface area (Å²) in [5.74, 6) is 0.604. The van der Waals surface area contributed by atoms with Crippen LogP contribution in [0, 0.1) is 19.7 Å². The van der Waals surface area contributed by atoms with E-state index in [2.05, 4.69) is 20.3 Å². The molecule has 1 amide bonds. The zero-order valence-electron chi connectivity index (χ0n) is 23.6. The summed E-state index contributed by atoms with van der Waals surface area (Å²) in [5.41, 5.74) is 3.45. The van der Waals surface area contributed by atoms with Crippen molar-refractivity contribution in [1.82, 2.24) is 15.0 Å². The maximum atomic E-state index is 13.8. The maximum Gasteiger partial charge on any atom is 0.261 e. The van der Waals surface area contributed by atoms with Gasteiger partial charge in [0.25, 0.3) is 5.91 Å². The number of hydrogen-bond donors (Lipinski definition) is 2.